The molecule has 0 bridgehead atoms. The summed E-state index contributed by atoms with van der Waals surface area (Å²) in [6.07, 6.45) is 4.32. The molecular weight excluding hydrogens is 246 g/mol. The summed E-state index contributed by atoms with van der Waals surface area (Å²) in [4.78, 5) is 37.4. The van der Waals surface area contributed by atoms with Gasteiger partial charge in [-0.1, -0.05) is 39.5 Å². The molecule has 0 aromatic carbocycles. The fourth-order valence-corrected chi connectivity index (χ4v) is 3.23. The molecule has 1 saturated carbocycles. The molecule has 0 aromatic heterocycles. The Balaban J connectivity index is 2.42. The Morgan fingerprint density at radius 2 is 1.63 bits per heavy atom. The molecule has 0 unspecified atom stereocenters. The number of imide groups is 1. The van der Waals surface area contributed by atoms with Crippen molar-refractivity contribution in [2.45, 2.75) is 64.3 Å². The molecule has 2 amide bonds. The number of carbonyl (C=O) groups excluding carboxylic acids is 2. The molecule has 1 aliphatic carbocycles. The quantitative estimate of drug-likeness (QED) is 0.613. The van der Waals surface area contributed by atoms with Crippen molar-refractivity contribution < 1.29 is 19.5 Å². The predicted molar refractivity (Wildman–Crippen MR) is 68.3 cm³/mol. The topological polar surface area (TPSA) is 74.7 Å². The largest absolute Gasteiger partial charge is 0.479 e. The van der Waals surface area contributed by atoms with Gasteiger partial charge >= 0.3 is 5.97 Å². The van der Waals surface area contributed by atoms with Crippen molar-refractivity contribution in [3.8, 4) is 0 Å². The van der Waals surface area contributed by atoms with Crippen LogP contribution in [0.5, 0.6) is 0 Å². The Labute approximate surface area is 113 Å². The summed E-state index contributed by atoms with van der Waals surface area (Å²) in [7, 11) is 0. The van der Waals surface area contributed by atoms with Crippen LogP contribution in [0.2, 0.25) is 0 Å². The number of aliphatic carboxylic acids is 1. The minimum Gasteiger partial charge on any atom is -0.479 e. The van der Waals surface area contributed by atoms with Crippen LogP contribution in [0, 0.1) is 5.41 Å². The van der Waals surface area contributed by atoms with E-state index < -0.39 is 16.9 Å². The summed E-state index contributed by atoms with van der Waals surface area (Å²) in [5, 5.41) is 9.63. The summed E-state index contributed by atoms with van der Waals surface area (Å²) in [5.74, 6) is -1.70. The Morgan fingerprint density at radius 1 is 1.11 bits per heavy atom. The summed E-state index contributed by atoms with van der Waals surface area (Å²) in [6.45, 7) is 3.42. The van der Waals surface area contributed by atoms with E-state index in [0.29, 0.717) is 12.8 Å². The second-order valence-electron chi connectivity index (χ2n) is 6.35. The lowest BCUT2D eigenvalue weighted by Gasteiger charge is -2.36. The molecule has 0 atom stereocenters. The number of carboxylic acid groups (broad SMARTS) is 1. The molecule has 1 aliphatic heterocycles. The van der Waals surface area contributed by atoms with Crippen LogP contribution in [-0.4, -0.2) is 33.3 Å². The summed E-state index contributed by atoms with van der Waals surface area (Å²) >= 11 is 0. The Hall–Kier alpha value is -1.39. The molecule has 0 aromatic rings. The van der Waals surface area contributed by atoms with E-state index >= 15 is 0 Å². The standard InChI is InChI=1S/C14H21NO4/c1-13(2)9-10(16)15(11(13)17)14(12(18)19)7-5-3-4-6-8-14/h3-9H2,1-2H3,(H,18,19). The lowest BCUT2D eigenvalue weighted by atomic mass is 9.87. The number of nitrogens with zero attached hydrogens (tertiary/aromatic N) is 1. The molecule has 5 heteroatoms. The van der Waals surface area contributed by atoms with Gasteiger partial charge in [0.25, 0.3) is 0 Å². The predicted octanol–water partition coefficient (Wildman–Crippen LogP) is 1.95. The molecule has 0 spiro atoms. The number of carboxylic acids is 1. The lowest BCUT2D eigenvalue weighted by Crippen LogP contribution is -2.57. The monoisotopic (exact) mass is 267 g/mol. The average Bonchev–Trinajstić information content (AvgIpc) is 2.50. The van der Waals surface area contributed by atoms with Gasteiger partial charge in [-0.3, -0.25) is 14.5 Å². The minimum atomic E-state index is -1.31. The van der Waals surface area contributed by atoms with E-state index in [9.17, 15) is 19.5 Å². The van der Waals surface area contributed by atoms with Gasteiger partial charge in [0.1, 0.15) is 5.54 Å². The van der Waals surface area contributed by atoms with Crippen molar-refractivity contribution >= 4 is 17.8 Å². The fourth-order valence-electron chi connectivity index (χ4n) is 3.23. The van der Waals surface area contributed by atoms with E-state index in [-0.39, 0.29) is 18.2 Å². The maximum atomic E-state index is 12.4. The van der Waals surface area contributed by atoms with E-state index in [1.54, 1.807) is 13.8 Å². The second-order valence-corrected chi connectivity index (χ2v) is 6.35. The van der Waals surface area contributed by atoms with Gasteiger partial charge in [-0.05, 0) is 12.8 Å². The first-order valence-electron chi connectivity index (χ1n) is 6.92. The van der Waals surface area contributed by atoms with Gasteiger partial charge in [-0.15, -0.1) is 0 Å². The zero-order chi connectivity index (χ0) is 14.3. The van der Waals surface area contributed by atoms with E-state index in [1.807, 2.05) is 0 Å². The molecule has 2 fully saturated rings. The number of carbonyl (C=O) groups is 3. The molecule has 1 heterocycles. The van der Waals surface area contributed by atoms with Gasteiger partial charge in [-0.2, -0.15) is 0 Å². The van der Waals surface area contributed by atoms with Crippen LogP contribution >= 0.6 is 0 Å². The van der Waals surface area contributed by atoms with Crippen molar-refractivity contribution in [2.75, 3.05) is 0 Å². The Kier molecular flexibility index (Phi) is 3.41. The van der Waals surface area contributed by atoms with Gasteiger partial charge < -0.3 is 5.11 Å². The molecule has 0 radical (unpaired) electrons. The van der Waals surface area contributed by atoms with Gasteiger partial charge in [0, 0.05) is 6.42 Å². The number of hydrogen-bond acceptors (Lipinski definition) is 3. The van der Waals surface area contributed by atoms with Gasteiger partial charge in [0.15, 0.2) is 0 Å². The molecule has 1 saturated heterocycles. The molecule has 19 heavy (non-hydrogen) atoms. The van der Waals surface area contributed by atoms with Crippen molar-refractivity contribution in [1.29, 1.82) is 0 Å². The van der Waals surface area contributed by atoms with Gasteiger partial charge in [0.05, 0.1) is 5.41 Å². The molecule has 106 valence electrons. The Morgan fingerprint density at radius 3 is 2.00 bits per heavy atom. The summed E-state index contributed by atoms with van der Waals surface area (Å²) in [6, 6.07) is 0. The average molecular weight is 267 g/mol. The normalized spacial score (nSPS) is 26.3. The summed E-state index contributed by atoms with van der Waals surface area (Å²) < 4.78 is 0. The van der Waals surface area contributed by atoms with Crippen LogP contribution in [0.4, 0.5) is 0 Å². The van der Waals surface area contributed by atoms with Crippen LogP contribution < -0.4 is 0 Å². The number of likely N-dealkylation sites (tertiary alicyclic amines) is 1. The van der Waals surface area contributed by atoms with Gasteiger partial charge in [0.2, 0.25) is 11.8 Å². The zero-order valence-corrected chi connectivity index (χ0v) is 11.6. The number of amides is 2. The second kappa shape index (κ2) is 4.62. The maximum Gasteiger partial charge on any atom is 0.330 e. The first-order chi connectivity index (χ1) is 8.81. The van der Waals surface area contributed by atoms with E-state index in [0.717, 1.165) is 30.6 Å². The van der Waals surface area contributed by atoms with Crippen LogP contribution in [0.1, 0.15) is 58.8 Å². The maximum absolute atomic E-state index is 12.4. The third kappa shape index (κ3) is 2.15. The van der Waals surface area contributed by atoms with Gasteiger partial charge in [-0.25, -0.2) is 4.79 Å². The van der Waals surface area contributed by atoms with Crippen LogP contribution in [0.3, 0.4) is 0 Å². The first-order valence-corrected chi connectivity index (χ1v) is 6.92. The van der Waals surface area contributed by atoms with E-state index in [2.05, 4.69) is 0 Å². The highest BCUT2D eigenvalue weighted by atomic mass is 16.4. The molecule has 1 N–H and O–H groups in total. The molecule has 2 aliphatic rings. The van der Waals surface area contributed by atoms with E-state index in [1.165, 1.54) is 0 Å². The smallest absolute Gasteiger partial charge is 0.330 e. The molecular formula is C14H21NO4. The minimum absolute atomic E-state index is 0.112. The SMILES string of the molecule is CC1(C)CC(=O)N(C2(C(=O)O)CCCCCC2)C1=O. The van der Waals surface area contributed by atoms with Crippen LogP contribution in [0.25, 0.3) is 0 Å². The van der Waals surface area contributed by atoms with Crippen molar-refractivity contribution in [3.63, 3.8) is 0 Å². The molecule has 2 rings (SSSR count). The first kappa shape index (κ1) is 14.0. The zero-order valence-electron chi connectivity index (χ0n) is 11.6. The summed E-state index contributed by atoms with van der Waals surface area (Å²) in [5.41, 5.74) is -2.08. The lowest BCUT2D eigenvalue weighted by molar-refractivity contribution is -0.165. The highest BCUT2D eigenvalue weighted by Gasteiger charge is 2.57. The Bertz CT molecular complexity index is 419. The van der Waals surface area contributed by atoms with Crippen LogP contribution in [0.15, 0.2) is 0 Å². The number of rotatable bonds is 2. The van der Waals surface area contributed by atoms with Crippen molar-refractivity contribution in [1.82, 2.24) is 4.90 Å². The van der Waals surface area contributed by atoms with E-state index in [4.69, 9.17) is 0 Å². The third-order valence-corrected chi connectivity index (χ3v) is 4.38. The fraction of sp³-hybridized carbons (Fsp3) is 0.786. The highest BCUT2D eigenvalue weighted by Crippen LogP contribution is 2.41. The third-order valence-electron chi connectivity index (χ3n) is 4.38. The molecule has 5 nitrogen and oxygen atoms in total. The number of hydrogen-bond donors (Lipinski definition) is 1. The van der Waals surface area contributed by atoms with Crippen LogP contribution in [-0.2, 0) is 14.4 Å². The van der Waals surface area contributed by atoms with Crippen molar-refractivity contribution in [3.05, 3.63) is 0 Å². The van der Waals surface area contributed by atoms with Crippen molar-refractivity contribution in [2.24, 2.45) is 5.41 Å². The highest BCUT2D eigenvalue weighted by molar-refractivity contribution is 6.09.